The Morgan fingerprint density at radius 1 is 1.08 bits per heavy atom. The molecule has 3 rings (SSSR count). The van der Waals surface area contributed by atoms with Gasteiger partial charge in [-0.15, -0.1) is 0 Å². The van der Waals surface area contributed by atoms with Crippen molar-refractivity contribution in [1.82, 2.24) is 9.62 Å². The fraction of sp³-hybridized carbons (Fsp3) is 0.667. The molecular formula is C18H28N2O5S. The Hall–Kier alpha value is -1.35. The van der Waals surface area contributed by atoms with Gasteiger partial charge in [-0.05, 0) is 18.1 Å². The van der Waals surface area contributed by atoms with Gasteiger partial charge < -0.3 is 14.2 Å². The van der Waals surface area contributed by atoms with E-state index in [1.54, 1.807) is 18.2 Å². The van der Waals surface area contributed by atoms with Crippen LogP contribution in [0.5, 0.6) is 11.5 Å². The highest BCUT2D eigenvalue weighted by Gasteiger charge is 2.26. The summed E-state index contributed by atoms with van der Waals surface area (Å²) in [5, 5.41) is 0. The zero-order chi connectivity index (χ0) is 18.6. The molecule has 0 saturated carbocycles. The molecule has 0 bridgehead atoms. The van der Waals surface area contributed by atoms with Crippen LogP contribution in [0.15, 0.2) is 23.1 Å². The van der Waals surface area contributed by atoms with Crippen molar-refractivity contribution in [2.45, 2.75) is 31.2 Å². The number of nitrogens with one attached hydrogen (secondary N) is 1. The molecule has 7 nitrogen and oxygen atoms in total. The standard InChI is InChI=1S/C18H28N2O5S/c1-14(2)16(20-6-10-23-11-7-20)13-19-26(21,22)15-4-5-17-18(12-15)25-9-3-8-24-17/h4-5,12,14,16,19H,3,6-11,13H2,1-2H3. The highest BCUT2D eigenvalue weighted by Crippen LogP contribution is 2.31. The van der Waals surface area contributed by atoms with Gasteiger partial charge in [0.05, 0.1) is 31.3 Å². The number of morpholine rings is 1. The maximum atomic E-state index is 12.8. The molecule has 0 aromatic heterocycles. The first-order valence-corrected chi connectivity index (χ1v) is 10.7. The molecule has 0 spiro atoms. The molecule has 1 aromatic carbocycles. The van der Waals surface area contributed by atoms with Gasteiger partial charge in [-0.2, -0.15) is 0 Å². The van der Waals surface area contributed by atoms with Crippen molar-refractivity contribution < 1.29 is 22.6 Å². The third kappa shape index (κ3) is 4.68. The zero-order valence-electron chi connectivity index (χ0n) is 15.4. The molecule has 1 saturated heterocycles. The molecule has 2 aliphatic heterocycles. The van der Waals surface area contributed by atoms with Crippen LogP contribution in [-0.4, -0.2) is 65.4 Å². The van der Waals surface area contributed by atoms with Crippen molar-refractivity contribution in [2.75, 3.05) is 46.1 Å². The predicted molar refractivity (Wildman–Crippen MR) is 98.3 cm³/mol. The molecule has 8 heteroatoms. The molecule has 26 heavy (non-hydrogen) atoms. The second-order valence-corrected chi connectivity index (χ2v) is 8.74. The summed E-state index contributed by atoms with van der Waals surface area (Å²) >= 11 is 0. The summed E-state index contributed by atoms with van der Waals surface area (Å²) in [7, 11) is -3.62. The highest BCUT2D eigenvalue weighted by atomic mass is 32.2. The van der Waals surface area contributed by atoms with Crippen molar-refractivity contribution >= 4 is 10.0 Å². The first kappa shape index (κ1) is 19.4. The lowest BCUT2D eigenvalue weighted by Gasteiger charge is -2.36. The van der Waals surface area contributed by atoms with Gasteiger partial charge in [0.15, 0.2) is 11.5 Å². The van der Waals surface area contributed by atoms with E-state index < -0.39 is 10.0 Å². The Morgan fingerprint density at radius 2 is 1.77 bits per heavy atom. The van der Waals surface area contributed by atoms with E-state index in [2.05, 4.69) is 23.5 Å². The molecule has 2 aliphatic rings. The van der Waals surface area contributed by atoms with Crippen LogP contribution >= 0.6 is 0 Å². The van der Waals surface area contributed by atoms with Gasteiger partial charge in [0, 0.05) is 38.2 Å². The van der Waals surface area contributed by atoms with E-state index >= 15 is 0 Å². The molecule has 1 N–H and O–H groups in total. The van der Waals surface area contributed by atoms with Crippen LogP contribution in [0, 0.1) is 5.92 Å². The number of fused-ring (bicyclic) bond motifs is 1. The predicted octanol–water partition coefficient (Wildman–Crippen LogP) is 1.48. The summed E-state index contributed by atoms with van der Waals surface area (Å²) in [6.45, 7) is 8.74. The lowest BCUT2D eigenvalue weighted by molar-refractivity contribution is 0.00776. The Bertz CT molecular complexity index is 702. The fourth-order valence-corrected chi connectivity index (χ4v) is 4.35. The molecule has 0 aliphatic carbocycles. The topological polar surface area (TPSA) is 77.1 Å². The lowest BCUT2D eigenvalue weighted by Crippen LogP contribution is -2.51. The molecule has 146 valence electrons. The second-order valence-electron chi connectivity index (χ2n) is 6.97. The van der Waals surface area contributed by atoms with Crippen LogP contribution in [0.2, 0.25) is 0 Å². The van der Waals surface area contributed by atoms with Crippen molar-refractivity contribution in [3.63, 3.8) is 0 Å². The Morgan fingerprint density at radius 3 is 2.46 bits per heavy atom. The summed E-state index contributed by atoms with van der Waals surface area (Å²) in [5.74, 6) is 1.41. The van der Waals surface area contributed by atoms with Crippen LogP contribution in [0.3, 0.4) is 0 Å². The maximum Gasteiger partial charge on any atom is 0.240 e. The van der Waals surface area contributed by atoms with Crippen LogP contribution in [0.1, 0.15) is 20.3 Å². The number of rotatable bonds is 6. The average Bonchev–Trinajstić information content (AvgIpc) is 2.87. The third-order valence-corrected chi connectivity index (χ3v) is 6.22. The van der Waals surface area contributed by atoms with Crippen molar-refractivity contribution in [1.29, 1.82) is 0 Å². The lowest BCUT2D eigenvalue weighted by atomic mass is 10.0. The Labute approximate surface area is 155 Å². The minimum atomic E-state index is -3.62. The number of hydrogen-bond donors (Lipinski definition) is 1. The molecular weight excluding hydrogens is 356 g/mol. The van der Waals surface area contributed by atoms with E-state index in [0.717, 1.165) is 19.5 Å². The van der Waals surface area contributed by atoms with Crippen molar-refractivity contribution in [3.8, 4) is 11.5 Å². The molecule has 2 heterocycles. The van der Waals surface area contributed by atoms with Gasteiger partial charge in [-0.25, -0.2) is 13.1 Å². The first-order chi connectivity index (χ1) is 12.5. The summed E-state index contributed by atoms with van der Waals surface area (Å²) < 4.78 is 44.9. The Balaban J connectivity index is 1.70. The normalized spacial score (nSPS) is 20.0. The monoisotopic (exact) mass is 384 g/mol. The van der Waals surface area contributed by atoms with Gasteiger partial charge in [-0.1, -0.05) is 13.8 Å². The van der Waals surface area contributed by atoms with E-state index in [1.807, 2.05) is 0 Å². The van der Waals surface area contributed by atoms with E-state index in [0.29, 0.717) is 50.4 Å². The zero-order valence-corrected chi connectivity index (χ0v) is 16.3. The molecule has 1 atom stereocenters. The van der Waals surface area contributed by atoms with Gasteiger partial charge in [0.1, 0.15) is 0 Å². The van der Waals surface area contributed by atoms with Crippen molar-refractivity contribution in [2.24, 2.45) is 5.92 Å². The number of nitrogens with zero attached hydrogens (tertiary/aromatic N) is 1. The first-order valence-electron chi connectivity index (χ1n) is 9.18. The van der Waals surface area contributed by atoms with Gasteiger partial charge >= 0.3 is 0 Å². The van der Waals surface area contributed by atoms with Gasteiger partial charge in [0.25, 0.3) is 0 Å². The summed E-state index contributed by atoms with van der Waals surface area (Å²) in [6, 6.07) is 4.91. The second kappa shape index (κ2) is 8.56. The summed E-state index contributed by atoms with van der Waals surface area (Å²) in [6.07, 6.45) is 0.782. The van der Waals surface area contributed by atoms with Gasteiger partial charge in [-0.3, -0.25) is 4.90 Å². The van der Waals surface area contributed by atoms with Crippen LogP contribution in [0.4, 0.5) is 0 Å². The van der Waals surface area contributed by atoms with E-state index in [9.17, 15) is 8.42 Å². The highest BCUT2D eigenvalue weighted by molar-refractivity contribution is 7.89. The molecule has 0 radical (unpaired) electrons. The quantitative estimate of drug-likeness (QED) is 0.801. The smallest absolute Gasteiger partial charge is 0.240 e. The van der Waals surface area contributed by atoms with Crippen LogP contribution in [0.25, 0.3) is 0 Å². The Kier molecular flexibility index (Phi) is 6.39. The average molecular weight is 384 g/mol. The number of hydrogen-bond acceptors (Lipinski definition) is 6. The van der Waals surface area contributed by atoms with Crippen LogP contribution in [-0.2, 0) is 14.8 Å². The largest absolute Gasteiger partial charge is 0.490 e. The molecule has 1 fully saturated rings. The summed E-state index contributed by atoms with van der Waals surface area (Å²) in [4.78, 5) is 2.50. The van der Waals surface area contributed by atoms with E-state index in [-0.39, 0.29) is 10.9 Å². The summed E-state index contributed by atoms with van der Waals surface area (Å²) in [5.41, 5.74) is 0. The molecule has 1 unspecified atom stereocenters. The molecule has 1 aromatic rings. The van der Waals surface area contributed by atoms with Crippen molar-refractivity contribution in [3.05, 3.63) is 18.2 Å². The third-order valence-electron chi connectivity index (χ3n) is 4.80. The minimum absolute atomic E-state index is 0.133. The van der Waals surface area contributed by atoms with E-state index in [1.165, 1.54) is 0 Å². The SMILES string of the molecule is CC(C)C(CNS(=O)(=O)c1ccc2c(c1)OCCCO2)N1CCOCC1. The maximum absolute atomic E-state index is 12.8. The fourth-order valence-electron chi connectivity index (χ4n) is 3.28. The number of benzene rings is 1. The number of ether oxygens (including phenoxy) is 3. The minimum Gasteiger partial charge on any atom is -0.490 e. The van der Waals surface area contributed by atoms with Gasteiger partial charge in [0.2, 0.25) is 10.0 Å². The number of sulfonamides is 1. The molecule has 0 amide bonds. The van der Waals surface area contributed by atoms with E-state index in [4.69, 9.17) is 14.2 Å². The van der Waals surface area contributed by atoms with Crippen LogP contribution < -0.4 is 14.2 Å².